The first-order chi connectivity index (χ1) is 8.20. The molecule has 0 amide bonds. The van der Waals surface area contributed by atoms with Gasteiger partial charge in [-0.25, -0.2) is 9.97 Å². The average Bonchev–Trinajstić information content (AvgIpc) is 2.78. The van der Waals surface area contributed by atoms with E-state index in [1.165, 1.54) is 0 Å². The van der Waals surface area contributed by atoms with Crippen LogP contribution in [0.1, 0.15) is 37.2 Å². The van der Waals surface area contributed by atoms with Crippen molar-refractivity contribution < 1.29 is 9.47 Å². The predicted octanol–water partition coefficient (Wildman–Crippen LogP) is 2.69. The summed E-state index contributed by atoms with van der Waals surface area (Å²) in [6, 6.07) is 1.73. The quantitative estimate of drug-likeness (QED) is 0.777. The molecule has 0 aliphatic heterocycles. The zero-order chi connectivity index (χ0) is 12.3. The molecule has 1 aliphatic carbocycles. The summed E-state index contributed by atoms with van der Waals surface area (Å²) in [4.78, 5) is 8.82. The van der Waals surface area contributed by atoms with Crippen LogP contribution in [-0.4, -0.2) is 24.2 Å². The van der Waals surface area contributed by atoms with Crippen molar-refractivity contribution >= 4 is 11.6 Å². The van der Waals surface area contributed by atoms with Gasteiger partial charge in [0.2, 0.25) is 0 Å². The van der Waals surface area contributed by atoms with Crippen molar-refractivity contribution in [3.63, 3.8) is 0 Å². The van der Waals surface area contributed by atoms with Gasteiger partial charge in [0.1, 0.15) is 10.8 Å². The van der Waals surface area contributed by atoms with Crippen LogP contribution in [0.4, 0.5) is 0 Å². The zero-order valence-electron chi connectivity index (χ0n) is 10.2. The van der Waals surface area contributed by atoms with Crippen molar-refractivity contribution in [2.24, 2.45) is 0 Å². The van der Waals surface area contributed by atoms with E-state index in [1.54, 1.807) is 20.3 Å². The number of hydrogen-bond acceptors (Lipinski definition) is 4. The molecule has 0 radical (unpaired) electrons. The summed E-state index contributed by atoms with van der Waals surface area (Å²) >= 11 is 6.02. The Morgan fingerprint density at radius 2 is 2.00 bits per heavy atom. The second-order valence-corrected chi connectivity index (χ2v) is 4.73. The van der Waals surface area contributed by atoms with Gasteiger partial charge < -0.3 is 9.47 Å². The van der Waals surface area contributed by atoms with E-state index in [9.17, 15) is 0 Å². The zero-order valence-corrected chi connectivity index (χ0v) is 11.0. The van der Waals surface area contributed by atoms with Gasteiger partial charge in [-0.3, -0.25) is 0 Å². The molecule has 0 N–H and O–H groups in total. The van der Waals surface area contributed by atoms with Crippen LogP contribution in [-0.2, 0) is 21.7 Å². The molecule has 0 unspecified atom stereocenters. The Balaban J connectivity index is 2.36. The monoisotopic (exact) mass is 256 g/mol. The predicted molar refractivity (Wildman–Crippen MR) is 64.9 cm³/mol. The van der Waals surface area contributed by atoms with Crippen molar-refractivity contribution in [2.75, 3.05) is 14.2 Å². The maximum Gasteiger partial charge on any atom is 0.162 e. The molecule has 0 saturated heterocycles. The molecule has 1 fully saturated rings. The molecule has 1 aliphatic rings. The molecule has 5 heteroatoms. The van der Waals surface area contributed by atoms with Gasteiger partial charge in [-0.1, -0.05) is 11.6 Å². The summed E-state index contributed by atoms with van der Waals surface area (Å²) in [6.45, 7) is 0.440. The summed E-state index contributed by atoms with van der Waals surface area (Å²) < 4.78 is 10.7. The largest absolute Gasteiger partial charge is 0.378 e. The van der Waals surface area contributed by atoms with E-state index < -0.39 is 0 Å². The average molecular weight is 257 g/mol. The van der Waals surface area contributed by atoms with Crippen molar-refractivity contribution in [1.29, 1.82) is 0 Å². The molecule has 1 aromatic heterocycles. The second kappa shape index (κ2) is 5.29. The summed E-state index contributed by atoms with van der Waals surface area (Å²) in [7, 11) is 3.35. The van der Waals surface area contributed by atoms with Crippen molar-refractivity contribution in [2.45, 2.75) is 37.9 Å². The van der Waals surface area contributed by atoms with Gasteiger partial charge in [-0.2, -0.15) is 0 Å². The Hall–Kier alpha value is -0.710. The Labute approximate surface area is 106 Å². The lowest BCUT2D eigenvalue weighted by molar-refractivity contribution is -0.0167. The van der Waals surface area contributed by atoms with Gasteiger partial charge in [0.25, 0.3) is 0 Å². The molecule has 2 rings (SSSR count). The van der Waals surface area contributed by atoms with E-state index in [1.807, 2.05) is 0 Å². The van der Waals surface area contributed by atoms with Crippen LogP contribution in [0.2, 0.25) is 5.15 Å². The first-order valence-electron chi connectivity index (χ1n) is 5.78. The van der Waals surface area contributed by atoms with Crippen molar-refractivity contribution in [3.8, 4) is 0 Å². The highest BCUT2D eigenvalue weighted by Crippen LogP contribution is 2.40. The van der Waals surface area contributed by atoms with E-state index in [-0.39, 0.29) is 5.60 Å². The third-order valence-corrected chi connectivity index (χ3v) is 3.44. The van der Waals surface area contributed by atoms with Crippen LogP contribution in [0.3, 0.4) is 0 Å². The fraction of sp³-hybridized carbons (Fsp3) is 0.667. The van der Waals surface area contributed by atoms with E-state index in [0.717, 1.165) is 31.4 Å². The third-order valence-electron chi connectivity index (χ3n) is 3.25. The number of methoxy groups -OCH3 is 2. The smallest absolute Gasteiger partial charge is 0.162 e. The van der Waals surface area contributed by atoms with E-state index in [0.29, 0.717) is 17.6 Å². The van der Waals surface area contributed by atoms with E-state index >= 15 is 0 Å². The highest BCUT2D eigenvalue weighted by atomic mass is 35.5. The third kappa shape index (κ3) is 2.59. The van der Waals surface area contributed by atoms with Crippen LogP contribution in [0, 0.1) is 0 Å². The normalized spacial score (nSPS) is 18.5. The van der Waals surface area contributed by atoms with Crippen molar-refractivity contribution in [1.82, 2.24) is 9.97 Å². The molecular weight excluding hydrogens is 240 g/mol. The van der Waals surface area contributed by atoms with Crippen LogP contribution >= 0.6 is 11.6 Å². The minimum Gasteiger partial charge on any atom is -0.378 e. The van der Waals surface area contributed by atoms with E-state index in [2.05, 4.69) is 9.97 Å². The molecule has 4 nitrogen and oxygen atoms in total. The molecule has 0 spiro atoms. The SMILES string of the molecule is COCc1cc(Cl)nc(C2(OC)CCCC2)n1. The molecule has 1 saturated carbocycles. The van der Waals surface area contributed by atoms with Gasteiger partial charge in [0.05, 0.1) is 12.3 Å². The number of ether oxygens (including phenoxy) is 2. The van der Waals surface area contributed by atoms with Gasteiger partial charge in [-0.05, 0) is 31.7 Å². The highest BCUT2D eigenvalue weighted by molar-refractivity contribution is 6.29. The lowest BCUT2D eigenvalue weighted by Gasteiger charge is -2.26. The Morgan fingerprint density at radius 1 is 1.29 bits per heavy atom. The Morgan fingerprint density at radius 3 is 2.59 bits per heavy atom. The van der Waals surface area contributed by atoms with Crippen LogP contribution in [0.5, 0.6) is 0 Å². The molecule has 0 bridgehead atoms. The fourth-order valence-corrected chi connectivity index (χ4v) is 2.56. The first kappa shape index (κ1) is 12.7. The minimum absolute atomic E-state index is 0.354. The maximum atomic E-state index is 6.02. The summed E-state index contributed by atoms with van der Waals surface area (Å²) in [6.07, 6.45) is 4.19. The van der Waals surface area contributed by atoms with Crippen LogP contribution in [0.25, 0.3) is 0 Å². The van der Waals surface area contributed by atoms with Gasteiger partial charge in [0.15, 0.2) is 5.82 Å². The molecule has 17 heavy (non-hydrogen) atoms. The molecule has 0 aromatic carbocycles. The molecule has 1 heterocycles. The molecule has 94 valence electrons. The van der Waals surface area contributed by atoms with Gasteiger partial charge in [-0.15, -0.1) is 0 Å². The summed E-state index contributed by atoms with van der Waals surface area (Å²) in [5, 5.41) is 0.449. The topological polar surface area (TPSA) is 44.2 Å². The lowest BCUT2D eigenvalue weighted by Crippen LogP contribution is -2.28. The van der Waals surface area contributed by atoms with Crippen LogP contribution in [0.15, 0.2) is 6.07 Å². The highest BCUT2D eigenvalue weighted by Gasteiger charge is 2.38. The Kier molecular flexibility index (Phi) is 3.97. The number of aromatic nitrogens is 2. The van der Waals surface area contributed by atoms with Gasteiger partial charge in [0, 0.05) is 14.2 Å². The summed E-state index contributed by atoms with van der Waals surface area (Å²) in [5.74, 6) is 0.692. The maximum absolute atomic E-state index is 6.02. The van der Waals surface area contributed by atoms with Crippen molar-refractivity contribution in [3.05, 3.63) is 22.7 Å². The number of rotatable bonds is 4. The fourth-order valence-electron chi connectivity index (χ4n) is 2.35. The first-order valence-corrected chi connectivity index (χ1v) is 6.16. The van der Waals surface area contributed by atoms with Crippen LogP contribution < -0.4 is 0 Å². The standard InChI is InChI=1S/C12H17ClN2O2/c1-16-8-9-7-10(13)15-11(14-9)12(17-2)5-3-4-6-12/h7H,3-6,8H2,1-2H3. The molecular formula is C12H17ClN2O2. The number of halogens is 1. The Bertz CT molecular complexity index is 392. The minimum atomic E-state index is -0.354. The number of hydrogen-bond donors (Lipinski definition) is 0. The molecule has 0 atom stereocenters. The van der Waals surface area contributed by atoms with Gasteiger partial charge >= 0.3 is 0 Å². The summed E-state index contributed by atoms with van der Waals surface area (Å²) in [5.41, 5.74) is 0.443. The lowest BCUT2D eigenvalue weighted by atomic mass is 10.0. The number of nitrogens with zero attached hydrogens (tertiary/aromatic N) is 2. The molecule has 1 aromatic rings. The van der Waals surface area contributed by atoms with E-state index in [4.69, 9.17) is 21.1 Å². The second-order valence-electron chi connectivity index (χ2n) is 4.34.